The van der Waals surface area contributed by atoms with Gasteiger partial charge in [0.25, 0.3) is 0 Å². The van der Waals surface area contributed by atoms with Crippen LogP contribution in [0.25, 0.3) is 0 Å². The third-order valence-electron chi connectivity index (χ3n) is 4.49. The molecule has 2 fully saturated rings. The molecule has 3 rings (SSSR count). The largest absolute Gasteiger partial charge is 0.495 e. The van der Waals surface area contributed by atoms with Gasteiger partial charge < -0.3 is 10.5 Å². The Morgan fingerprint density at radius 3 is 2.65 bits per heavy atom. The molecule has 1 heterocycles. The fourth-order valence-corrected chi connectivity index (χ4v) is 3.53. The zero-order chi connectivity index (χ0) is 11.8. The van der Waals surface area contributed by atoms with Crippen molar-refractivity contribution in [3.05, 3.63) is 24.0 Å². The Hall–Kier alpha value is -1.09. The minimum atomic E-state index is 0.144. The predicted octanol–water partition coefficient (Wildman–Crippen LogP) is 2.53. The summed E-state index contributed by atoms with van der Waals surface area (Å²) in [5.41, 5.74) is 7.52. The first-order chi connectivity index (χ1) is 8.31. The van der Waals surface area contributed by atoms with Crippen molar-refractivity contribution in [2.75, 3.05) is 7.11 Å². The van der Waals surface area contributed by atoms with Gasteiger partial charge in [0.05, 0.1) is 13.3 Å². The SMILES string of the molecule is COc1cncc(C(N)C2C3CCCCC32)c1. The van der Waals surface area contributed by atoms with Crippen LogP contribution in [-0.4, -0.2) is 12.1 Å². The number of rotatable bonds is 3. The average Bonchev–Trinajstić information content (AvgIpc) is 3.12. The lowest BCUT2D eigenvalue weighted by Gasteiger charge is -2.12. The molecule has 0 aliphatic heterocycles. The standard InChI is InChI=1S/C14H20N2O/c1-17-10-6-9(7-16-8-10)14(15)13-11-4-2-3-5-12(11)13/h6-8,11-14H,2-5,15H2,1H3. The quantitative estimate of drug-likeness (QED) is 0.871. The number of aromatic nitrogens is 1. The number of fused-ring (bicyclic) bond motifs is 1. The van der Waals surface area contributed by atoms with Crippen LogP contribution >= 0.6 is 0 Å². The number of ether oxygens (including phenoxy) is 1. The van der Waals surface area contributed by atoms with Crippen molar-refractivity contribution in [3.8, 4) is 5.75 Å². The topological polar surface area (TPSA) is 48.1 Å². The van der Waals surface area contributed by atoms with Crippen molar-refractivity contribution in [2.45, 2.75) is 31.7 Å². The molecule has 3 heteroatoms. The van der Waals surface area contributed by atoms with E-state index >= 15 is 0 Å². The van der Waals surface area contributed by atoms with Crippen molar-refractivity contribution in [1.82, 2.24) is 4.98 Å². The highest BCUT2D eigenvalue weighted by Gasteiger charge is 2.53. The number of nitrogens with two attached hydrogens (primary N) is 1. The lowest BCUT2D eigenvalue weighted by molar-refractivity contribution is 0.411. The Labute approximate surface area is 102 Å². The summed E-state index contributed by atoms with van der Waals surface area (Å²) in [6.45, 7) is 0. The molecule has 0 bridgehead atoms. The van der Waals surface area contributed by atoms with Crippen LogP contribution in [0, 0.1) is 17.8 Å². The Morgan fingerprint density at radius 2 is 2.00 bits per heavy atom. The summed E-state index contributed by atoms with van der Waals surface area (Å²) < 4.78 is 5.21. The summed E-state index contributed by atoms with van der Waals surface area (Å²) in [6.07, 6.45) is 9.15. The minimum Gasteiger partial charge on any atom is -0.495 e. The van der Waals surface area contributed by atoms with Crippen LogP contribution in [0.2, 0.25) is 0 Å². The minimum absolute atomic E-state index is 0.144. The highest BCUT2D eigenvalue weighted by Crippen LogP contribution is 2.59. The van der Waals surface area contributed by atoms with Crippen LogP contribution in [0.5, 0.6) is 5.75 Å². The summed E-state index contributed by atoms with van der Waals surface area (Å²) in [4.78, 5) is 4.20. The lowest BCUT2D eigenvalue weighted by atomic mass is 10.0. The van der Waals surface area contributed by atoms with Crippen molar-refractivity contribution in [2.24, 2.45) is 23.5 Å². The van der Waals surface area contributed by atoms with E-state index in [1.54, 1.807) is 13.3 Å². The van der Waals surface area contributed by atoms with Gasteiger partial charge in [-0.1, -0.05) is 12.8 Å². The second kappa shape index (κ2) is 4.30. The number of hydrogen-bond donors (Lipinski definition) is 1. The first-order valence-electron chi connectivity index (χ1n) is 6.56. The van der Waals surface area contributed by atoms with Gasteiger partial charge in [0.1, 0.15) is 5.75 Å². The summed E-state index contributed by atoms with van der Waals surface area (Å²) >= 11 is 0. The molecule has 0 spiro atoms. The monoisotopic (exact) mass is 232 g/mol. The van der Waals surface area contributed by atoms with Gasteiger partial charge in [0.15, 0.2) is 0 Å². The zero-order valence-electron chi connectivity index (χ0n) is 10.3. The Bertz CT molecular complexity index is 395. The molecular weight excluding hydrogens is 212 g/mol. The maximum absolute atomic E-state index is 6.39. The zero-order valence-corrected chi connectivity index (χ0v) is 10.3. The van der Waals surface area contributed by atoms with Gasteiger partial charge in [-0.25, -0.2) is 0 Å². The maximum Gasteiger partial charge on any atom is 0.137 e. The molecule has 3 unspecified atom stereocenters. The van der Waals surface area contributed by atoms with E-state index in [-0.39, 0.29) is 6.04 Å². The van der Waals surface area contributed by atoms with Crippen LogP contribution in [0.4, 0.5) is 0 Å². The van der Waals surface area contributed by atoms with Gasteiger partial charge >= 0.3 is 0 Å². The van der Waals surface area contributed by atoms with Gasteiger partial charge in [-0.3, -0.25) is 4.98 Å². The summed E-state index contributed by atoms with van der Waals surface area (Å²) in [5.74, 6) is 3.25. The molecule has 0 saturated heterocycles. The van der Waals surface area contributed by atoms with E-state index in [1.807, 2.05) is 12.3 Å². The van der Waals surface area contributed by atoms with Crippen LogP contribution in [0.3, 0.4) is 0 Å². The maximum atomic E-state index is 6.39. The van der Waals surface area contributed by atoms with E-state index in [0.717, 1.165) is 23.1 Å². The van der Waals surface area contributed by atoms with Gasteiger partial charge in [-0.2, -0.15) is 0 Å². The smallest absolute Gasteiger partial charge is 0.137 e. The molecule has 2 N–H and O–H groups in total. The molecule has 2 aliphatic rings. The number of pyridine rings is 1. The van der Waals surface area contributed by atoms with Crippen molar-refractivity contribution < 1.29 is 4.74 Å². The molecule has 1 aromatic rings. The van der Waals surface area contributed by atoms with Gasteiger partial charge in [0, 0.05) is 12.2 Å². The molecule has 92 valence electrons. The Morgan fingerprint density at radius 1 is 1.29 bits per heavy atom. The molecule has 3 nitrogen and oxygen atoms in total. The van der Waals surface area contributed by atoms with Crippen LogP contribution in [-0.2, 0) is 0 Å². The van der Waals surface area contributed by atoms with Gasteiger partial charge in [-0.05, 0) is 42.2 Å². The molecule has 0 radical (unpaired) electrons. The number of methoxy groups -OCH3 is 1. The third kappa shape index (κ3) is 1.93. The lowest BCUT2D eigenvalue weighted by Crippen LogP contribution is -2.14. The van der Waals surface area contributed by atoms with Crippen molar-refractivity contribution in [3.63, 3.8) is 0 Å². The number of hydrogen-bond acceptors (Lipinski definition) is 3. The molecule has 3 atom stereocenters. The fraction of sp³-hybridized carbons (Fsp3) is 0.643. The Balaban J connectivity index is 1.75. The van der Waals surface area contributed by atoms with E-state index in [2.05, 4.69) is 4.98 Å². The highest BCUT2D eigenvalue weighted by molar-refractivity contribution is 5.28. The average molecular weight is 232 g/mol. The summed E-state index contributed by atoms with van der Waals surface area (Å²) in [7, 11) is 1.67. The predicted molar refractivity (Wildman–Crippen MR) is 66.7 cm³/mol. The second-order valence-corrected chi connectivity index (χ2v) is 5.37. The molecule has 2 aliphatic carbocycles. The highest BCUT2D eigenvalue weighted by atomic mass is 16.5. The van der Waals surface area contributed by atoms with Crippen LogP contribution in [0.1, 0.15) is 37.3 Å². The first kappa shape index (κ1) is 11.0. The van der Waals surface area contributed by atoms with Crippen LogP contribution < -0.4 is 10.5 Å². The Kier molecular flexibility index (Phi) is 2.79. The molecule has 0 aromatic carbocycles. The third-order valence-corrected chi connectivity index (χ3v) is 4.49. The van der Waals surface area contributed by atoms with Crippen LogP contribution in [0.15, 0.2) is 18.5 Å². The molecule has 0 amide bonds. The molecule has 1 aromatic heterocycles. The second-order valence-electron chi connectivity index (χ2n) is 5.37. The van der Waals surface area contributed by atoms with E-state index in [4.69, 9.17) is 10.5 Å². The van der Waals surface area contributed by atoms with E-state index in [1.165, 1.54) is 25.7 Å². The van der Waals surface area contributed by atoms with Crippen molar-refractivity contribution in [1.29, 1.82) is 0 Å². The normalized spacial score (nSPS) is 32.7. The summed E-state index contributed by atoms with van der Waals surface area (Å²) in [5, 5.41) is 0. The van der Waals surface area contributed by atoms with E-state index in [0.29, 0.717) is 5.92 Å². The molecular formula is C14H20N2O. The first-order valence-corrected chi connectivity index (χ1v) is 6.56. The number of nitrogens with zero attached hydrogens (tertiary/aromatic N) is 1. The molecule has 2 saturated carbocycles. The van der Waals surface area contributed by atoms with E-state index < -0.39 is 0 Å². The van der Waals surface area contributed by atoms with Gasteiger partial charge in [-0.15, -0.1) is 0 Å². The summed E-state index contributed by atoms with van der Waals surface area (Å²) in [6, 6.07) is 2.17. The fourth-order valence-electron chi connectivity index (χ4n) is 3.53. The van der Waals surface area contributed by atoms with E-state index in [9.17, 15) is 0 Å². The van der Waals surface area contributed by atoms with Gasteiger partial charge in [0.2, 0.25) is 0 Å². The van der Waals surface area contributed by atoms with Crippen molar-refractivity contribution >= 4 is 0 Å². The molecule has 17 heavy (non-hydrogen) atoms.